The second-order valence-electron chi connectivity index (χ2n) is 6.27. The second-order valence-corrected chi connectivity index (χ2v) is 6.27. The molecule has 3 heterocycles. The van der Waals surface area contributed by atoms with Crippen LogP contribution in [0.25, 0.3) is 0 Å². The molecule has 3 saturated heterocycles. The van der Waals surface area contributed by atoms with Crippen LogP contribution < -0.4 is 5.32 Å². The van der Waals surface area contributed by atoms with Crippen molar-refractivity contribution in [1.29, 1.82) is 0 Å². The molecule has 2 amide bonds. The van der Waals surface area contributed by atoms with E-state index >= 15 is 0 Å². The Bertz CT molecular complexity index is 392. The Labute approximate surface area is 114 Å². The third-order valence-corrected chi connectivity index (χ3v) is 5.05. The Kier molecular flexibility index (Phi) is 3.35. The molecular weight excluding hydrogens is 242 g/mol. The van der Waals surface area contributed by atoms with Crippen molar-refractivity contribution in [2.24, 2.45) is 5.41 Å². The SMILES string of the molecule is CN1C(=O)CC2(CCCN(C3CCNCC3)C2)C1=O. The van der Waals surface area contributed by atoms with Gasteiger partial charge in [-0.1, -0.05) is 0 Å². The summed E-state index contributed by atoms with van der Waals surface area (Å²) >= 11 is 0. The molecule has 3 fully saturated rings. The molecule has 0 bridgehead atoms. The van der Waals surface area contributed by atoms with Gasteiger partial charge in [-0.25, -0.2) is 0 Å². The summed E-state index contributed by atoms with van der Waals surface area (Å²) in [7, 11) is 1.63. The molecule has 1 N–H and O–H groups in total. The van der Waals surface area contributed by atoms with Gasteiger partial charge in [0.2, 0.25) is 11.8 Å². The van der Waals surface area contributed by atoms with Crippen LogP contribution in [0.5, 0.6) is 0 Å². The van der Waals surface area contributed by atoms with Crippen LogP contribution in [0.4, 0.5) is 0 Å². The van der Waals surface area contributed by atoms with E-state index in [1.165, 1.54) is 4.90 Å². The number of piperidine rings is 2. The number of rotatable bonds is 1. The van der Waals surface area contributed by atoms with E-state index in [1.807, 2.05) is 0 Å². The summed E-state index contributed by atoms with van der Waals surface area (Å²) in [5.41, 5.74) is -0.408. The van der Waals surface area contributed by atoms with Gasteiger partial charge in [0.25, 0.3) is 0 Å². The minimum Gasteiger partial charge on any atom is -0.317 e. The Balaban J connectivity index is 1.74. The van der Waals surface area contributed by atoms with Crippen LogP contribution in [0.2, 0.25) is 0 Å². The zero-order valence-electron chi connectivity index (χ0n) is 11.7. The zero-order valence-corrected chi connectivity index (χ0v) is 11.7. The van der Waals surface area contributed by atoms with Gasteiger partial charge >= 0.3 is 0 Å². The van der Waals surface area contributed by atoms with Crippen molar-refractivity contribution in [3.8, 4) is 0 Å². The van der Waals surface area contributed by atoms with Gasteiger partial charge in [-0.2, -0.15) is 0 Å². The van der Waals surface area contributed by atoms with Crippen LogP contribution in [0.3, 0.4) is 0 Å². The standard InChI is InChI=1S/C14H23N3O2/c1-16-12(18)9-14(13(16)19)5-2-8-17(10-14)11-3-6-15-7-4-11/h11,15H,2-10H2,1H3. The molecule has 1 atom stereocenters. The quantitative estimate of drug-likeness (QED) is 0.689. The number of likely N-dealkylation sites (tertiary alicyclic amines) is 2. The molecule has 1 unspecified atom stereocenters. The van der Waals surface area contributed by atoms with Crippen molar-refractivity contribution in [2.45, 2.75) is 38.1 Å². The van der Waals surface area contributed by atoms with Crippen molar-refractivity contribution in [1.82, 2.24) is 15.1 Å². The highest BCUT2D eigenvalue weighted by atomic mass is 16.2. The van der Waals surface area contributed by atoms with Crippen LogP contribution in [0.1, 0.15) is 32.1 Å². The minimum absolute atomic E-state index is 0.00263. The molecule has 0 aromatic carbocycles. The van der Waals surface area contributed by atoms with Gasteiger partial charge < -0.3 is 5.32 Å². The maximum Gasteiger partial charge on any atom is 0.236 e. The minimum atomic E-state index is -0.408. The first-order valence-electron chi connectivity index (χ1n) is 7.38. The van der Waals surface area contributed by atoms with Gasteiger partial charge in [0.05, 0.1) is 5.41 Å². The lowest BCUT2D eigenvalue weighted by Crippen LogP contribution is -2.53. The van der Waals surface area contributed by atoms with E-state index in [0.717, 1.165) is 51.9 Å². The fourth-order valence-electron chi connectivity index (χ4n) is 3.92. The van der Waals surface area contributed by atoms with Gasteiger partial charge in [-0.15, -0.1) is 0 Å². The summed E-state index contributed by atoms with van der Waals surface area (Å²) in [5.74, 6) is 0.0493. The molecule has 3 aliphatic heterocycles. The average Bonchev–Trinajstić information content (AvgIpc) is 2.65. The highest BCUT2D eigenvalue weighted by Crippen LogP contribution is 2.41. The van der Waals surface area contributed by atoms with E-state index in [9.17, 15) is 9.59 Å². The van der Waals surface area contributed by atoms with E-state index in [2.05, 4.69) is 10.2 Å². The molecule has 3 aliphatic rings. The van der Waals surface area contributed by atoms with Crippen molar-refractivity contribution in [3.63, 3.8) is 0 Å². The Morgan fingerprint density at radius 2 is 2.00 bits per heavy atom. The first kappa shape index (κ1) is 13.1. The van der Waals surface area contributed by atoms with E-state index in [4.69, 9.17) is 0 Å². The number of imide groups is 1. The summed E-state index contributed by atoms with van der Waals surface area (Å²) in [6.45, 7) is 4.01. The first-order chi connectivity index (χ1) is 9.12. The van der Waals surface area contributed by atoms with Crippen LogP contribution in [-0.4, -0.2) is 60.9 Å². The highest BCUT2D eigenvalue weighted by Gasteiger charge is 2.52. The Morgan fingerprint density at radius 1 is 1.26 bits per heavy atom. The van der Waals surface area contributed by atoms with E-state index < -0.39 is 5.41 Å². The average molecular weight is 265 g/mol. The largest absolute Gasteiger partial charge is 0.317 e. The second kappa shape index (κ2) is 4.87. The number of hydrogen-bond acceptors (Lipinski definition) is 4. The van der Waals surface area contributed by atoms with Crippen molar-refractivity contribution in [2.75, 3.05) is 33.2 Å². The molecular formula is C14H23N3O2. The Hall–Kier alpha value is -0.940. The van der Waals surface area contributed by atoms with Crippen LogP contribution >= 0.6 is 0 Å². The molecule has 0 saturated carbocycles. The smallest absolute Gasteiger partial charge is 0.236 e. The first-order valence-corrected chi connectivity index (χ1v) is 7.38. The summed E-state index contributed by atoms with van der Waals surface area (Å²) in [5, 5.41) is 3.38. The van der Waals surface area contributed by atoms with Gasteiger partial charge in [-0.3, -0.25) is 19.4 Å². The van der Waals surface area contributed by atoms with Crippen molar-refractivity contribution < 1.29 is 9.59 Å². The molecule has 0 aliphatic carbocycles. The van der Waals surface area contributed by atoms with Crippen molar-refractivity contribution in [3.05, 3.63) is 0 Å². The van der Waals surface area contributed by atoms with Crippen LogP contribution in [0.15, 0.2) is 0 Å². The zero-order chi connectivity index (χ0) is 13.5. The predicted octanol–water partition coefficient (Wildman–Crippen LogP) is 0.209. The monoisotopic (exact) mass is 265 g/mol. The lowest BCUT2D eigenvalue weighted by atomic mass is 9.77. The van der Waals surface area contributed by atoms with Crippen molar-refractivity contribution >= 4 is 11.8 Å². The van der Waals surface area contributed by atoms with Crippen LogP contribution in [0, 0.1) is 5.41 Å². The number of amides is 2. The molecule has 5 heteroatoms. The summed E-state index contributed by atoms with van der Waals surface area (Å²) in [6.07, 6.45) is 4.66. The fraction of sp³-hybridized carbons (Fsp3) is 0.857. The number of nitrogens with zero attached hydrogens (tertiary/aromatic N) is 2. The summed E-state index contributed by atoms with van der Waals surface area (Å²) < 4.78 is 0. The lowest BCUT2D eigenvalue weighted by molar-refractivity contribution is -0.141. The molecule has 0 aromatic rings. The normalized spacial score (nSPS) is 34.5. The highest BCUT2D eigenvalue weighted by molar-refractivity contribution is 6.05. The third-order valence-electron chi connectivity index (χ3n) is 5.05. The number of hydrogen-bond donors (Lipinski definition) is 1. The van der Waals surface area contributed by atoms with E-state index in [1.54, 1.807) is 7.05 Å². The van der Waals surface area contributed by atoms with Crippen LogP contribution in [-0.2, 0) is 9.59 Å². The topological polar surface area (TPSA) is 52.7 Å². The van der Waals surface area contributed by atoms with Gasteiger partial charge in [0, 0.05) is 26.1 Å². The summed E-state index contributed by atoms with van der Waals surface area (Å²) in [4.78, 5) is 28.0. The maximum absolute atomic E-state index is 12.4. The molecule has 19 heavy (non-hydrogen) atoms. The van der Waals surface area contributed by atoms with E-state index in [-0.39, 0.29) is 11.8 Å². The number of carbonyl (C=O) groups excluding carboxylic acids is 2. The molecule has 3 rings (SSSR count). The Morgan fingerprint density at radius 3 is 2.63 bits per heavy atom. The third kappa shape index (κ3) is 2.19. The number of carbonyl (C=O) groups is 2. The molecule has 0 radical (unpaired) electrons. The molecule has 106 valence electrons. The van der Waals surface area contributed by atoms with Gasteiger partial charge in [-0.05, 0) is 45.3 Å². The molecule has 1 spiro atoms. The van der Waals surface area contributed by atoms with E-state index in [0.29, 0.717) is 12.5 Å². The summed E-state index contributed by atoms with van der Waals surface area (Å²) in [6, 6.07) is 0.590. The molecule has 0 aromatic heterocycles. The van der Waals surface area contributed by atoms with Gasteiger partial charge in [0.15, 0.2) is 0 Å². The predicted molar refractivity (Wildman–Crippen MR) is 71.5 cm³/mol. The number of nitrogens with one attached hydrogen (secondary N) is 1. The lowest BCUT2D eigenvalue weighted by Gasteiger charge is -2.43. The maximum atomic E-state index is 12.4. The fourth-order valence-corrected chi connectivity index (χ4v) is 3.92. The van der Waals surface area contributed by atoms with Gasteiger partial charge in [0.1, 0.15) is 0 Å². The molecule has 5 nitrogen and oxygen atoms in total.